The van der Waals surface area contributed by atoms with Crippen molar-refractivity contribution in [3.05, 3.63) is 6.20 Å². The van der Waals surface area contributed by atoms with Gasteiger partial charge in [0.2, 0.25) is 17.7 Å². The Morgan fingerprint density at radius 3 is 2.67 bits per heavy atom. The number of likely N-dealkylation sites (tertiary alicyclic amines) is 1. The summed E-state index contributed by atoms with van der Waals surface area (Å²) < 4.78 is 0.748. The van der Waals surface area contributed by atoms with Crippen molar-refractivity contribution in [2.24, 2.45) is 11.7 Å². The molecule has 1 saturated carbocycles. The smallest absolute Gasteiger partial charge is 0.316 e. The molecule has 0 bridgehead atoms. The number of nitrogens with one attached hydrogen (secondary N) is 2. The van der Waals surface area contributed by atoms with Crippen LogP contribution in [0, 0.1) is 5.92 Å². The van der Waals surface area contributed by atoms with Gasteiger partial charge < -0.3 is 21.3 Å². The first-order valence-electron chi connectivity index (χ1n) is 9.70. The van der Waals surface area contributed by atoms with Gasteiger partial charge in [0.1, 0.15) is 6.20 Å². The predicted molar refractivity (Wildman–Crippen MR) is 104 cm³/mol. The Morgan fingerprint density at radius 1 is 1.30 bits per heavy atom. The second-order valence-electron chi connectivity index (χ2n) is 7.43. The monoisotopic (exact) mass is 376 g/mol. The van der Waals surface area contributed by atoms with E-state index in [1.165, 1.54) is 6.20 Å². The van der Waals surface area contributed by atoms with E-state index in [2.05, 4.69) is 27.3 Å². The lowest BCUT2D eigenvalue weighted by molar-refractivity contribution is -0.706. The molecule has 9 heteroatoms. The minimum absolute atomic E-state index is 0.0502. The first-order valence-corrected chi connectivity index (χ1v) is 9.70. The molecule has 2 heterocycles. The van der Waals surface area contributed by atoms with Gasteiger partial charge in [0.25, 0.3) is 0 Å². The van der Waals surface area contributed by atoms with Gasteiger partial charge in [-0.1, -0.05) is 0 Å². The molecule has 0 radical (unpaired) electrons. The fourth-order valence-corrected chi connectivity index (χ4v) is 3.65. The van der Waals surface area contributed by atoms with Crippen LogP contribution in [0.15, 0.2) is 6.20 Å². The Balaban J connectivity index is 1.59. The van der Waals surface area contributed by atoms with E-state index in [9.17, 15) is 10.0 Å². The van der Waals surface area contributed by atoms with Crippen molar-refractivity contribution in [1.29, 1.82) is 0 Å². The van der Waals surface area contributed by atoms with E-state index >= 15 is 0 Å². The Hall–Kier alpha value is -2.42. The fourth-order valence-electron chi connectivity index (χ4n) is 3.65. The summed E-state index contributed by atoms with van der Waals surface area (Å²) in [7, 11) is 0. The van der Waals surface area contributed by atoms with Gasteiger partial charge >= 0.3 is 5.69 Å². The van der Waals surface area contributed by atoms with Crippen LogP contribution >= 0.6 is 0 Å². The topological polar surface area (TPSA) is 119 Å². The van der Waals surface area contributed by atoms with Crippen molar-refractivity contribution in [2.45, 2.75) is 44.6 Å². The van der Waals surface area contributed by atoms with E-state index < -0.39 is 0 Å². The lowest BCUT2D eigenvalue weighted by Gasteiger charge is -2.26. The highest BCUT2D eigenvalue weighted by Crippen LogP contribution is 2.26. The molecule has 27 heavy (non-hydrogen) atoms. The first kappa shape index (κ1) is 19.3. The van der Waals surface area contributed by atoms with E-state index in [0.29, 0.717) is 29.4 Å². The lowest BCUT2D eigenvalue weighted by Crippen LogP contribution is -2.33. The minimum Gasteiger partial charge on any atom is -0.364 e. The summed E-state index contributed by atoms with van der Waals surface area (Å²) in [5.41, 5.74) is 6.35. The van der Waals surface area contributed by atoms with Crippen LogP contribution in [0.2, 0.25) is 0 Å². The van der Waals surface area contributed by atoms with E-state index in [1.807, 2.05) is 4.90 Å². The number of rotatable bonds is 7. The van der Waals surface area contributed by atoms with Crippen LogP contribution in [-0.2, 0) is 4.79 Å². The van der Waals surface area contributed by atoms with Crippen molar-refractivity contribution in [3.63, 3.8) is 0 Å². The third kappa shape index (κ3) is 5.29. The van der Waals surface area contributed by atoms with Gasteiger partial charge in [-0.2, -0.15) is 4.98 Å². The van der Waals surface area contributed by atoms with Gasteiger partial charge in [0.15, 0.2) is 6.72 Å². The van der Waals surface area contributed by atoms with Crippen LogP contribution in [0.5, 0.6) is 0 Å². The zero-order valence-corrected chi connectivity index (χ0v) is 15.7. The Kier molecular flexibility index (Phi) is 6.44. The third-order valence-corrected chi connectivity index (χ3v) is 5.35. The van der Waals surface area contributed by atoms with Crippen molar-refractivity contribution in [3.8, 4) is 0 Å². The second-order valence-corrected chi connectivity index (χ2v) is 7.43. The summed E-state index contributed by atoms with van der Waals surface area (Å²) in [5, 5.41) is 16.0. The summed E-state index contributed by atoms with van der Waals surface area (Å²) in [6, 6.07) is 0.313. The van der Waals surface area contributed by atoms with Crippen LogP contribution in [0.4, 0.5) is 17.5 Å². The number of nitrogens with two attached hydrogens (primary N) is 1. The Labute approximate surface area is 159 Å². The molecule has 0 unspecified atom stereocenters. The van der Waals surface area contributed by atoms with E-state index in [0.717, 1.165) is 62.9 Å². The number of carbonyl (C=O) groups excluding carboxylic acids is 1. The van der Waals surface area contributed by atoms with E-state index in [-0.39, 0.29) is 12.5 Å². The number of anilines is 2. The first-order chi connectivity index (χ1) is 13.0. The molecule has 1 saturated heterocycles. The lowest BCUT2D eigenvalue weighted by atomic mass is 9.86. The zero-order valence-electron chi connectivity index (χ0n) is 15.7. The highest BCUT2D eigenvalue weighted by molar-refractivity contribution is 5.80. The van der Waals surface area contributed by atoms with Crippen molar-refractivity contribution in [1.82, 2.24) is 14.9 Å². The highest BCUT2D eigenvalue weighted by atomic mass is 16.5. The fraction of sp³-hybridized carbons (Fsp3) is 0.667. The molecule has 5 N–H and O–H groups in total. The zero-order chi connectivity index (χ0) is 19.2. The number of aromatic nitrogens is 2. The SMILES string of the molecule is C=[N+](O)c1cnc(NCC(=O)N2CCCC2)nc1NCC1CCC(N)CC1. The summed E-state index contributed by atoms with van der Waals surface area (Å²) in [6.45, 7) is 6.04. The normalized spacial score (nSPS) is 22.5. The molecule has 148 valence electrons. The largest absolute Gasteiger partial charge is 0.364 e. The van der Waals surface area contributed by atoms with Gasteiger partial charge in [0, 0.05) is 30.4 Å². The van der Waals surface area contributed by atoms with Crippen LogP contribution in [0.1, 0.15) is 38.5 Å². The van der Waals surface area contributed by atoms with Crippen LogP contribution in [0.3, 0.4) is 0 Å². The minimum atomic E-state index is 0.0502. The van der Waals surface area contributed by atoms with Crippen molar-refractivity contribution < 1.29 is 14.7 Å². The molecule has 9 nitrogen and oxygen atoms in total. The predicted octanol–water partition coefficient (Wildman–Crippen LogP) is 1.17. The molecule has 1 aromatic heterocycles. The van der Waals surface area contributed by atoms with Gasteiger partial charge in [0.05, 0.1) is 6.54 Å². The molecule has 1 aliphatic carbocycles. The maximum Gasteiger partial charge on any atom is 0.316 e. The molecule has 0 atom stereocenters. The van der Waals surface area contributed by atoms with Gasteiger partial charge in [-0.3, -0.25) is 10.0 Å². The molecule has 1 amide bonds. The van der Waals surface area contributed by atoms with Crippen molar-refractivity contribution >= 4 is 30.1 Å². The average Bonchev–Trinajstić information content (AvgIpc) is 3.20. The number of carbonyl (C=O) groups is 1. The second kappa shape index (κ2) is 8.98. The molecular formula is C18H30N7O2+. The highest BCUT2D eigenvalue weighted by Gasteiger charge is 2.22. The van der Waals surface area contributed by atoms with E-state index in [1.54, 1.807) is 0 Å². The van der Waals surface area contributed by atoms with Gasteiger partial charge in [-0.05, 0) is 44.4 Å². The maximum absolute atomic E-state index is 12.2. The summed E-state index contributed by atoms with van der Waals surface area (Å²) in [5.74, 6) is 1.42. The van der Waals surface area contributed by atoms with Crippen LogP contribution in [-0.4, -0.2) is 69.7 Å². The van der Waals surface area contributed by atoms with E-state index in [4.69, 9.17) is 5.73 Å². The number of nitrogens with zero attached hydrogens (tertiary/aromatic N) is 4. The third-order valence-electron chi connectivity index (χ3n) is 5.35. The van der Waals surface area contributed by atoms with Crippen LogP contribution < -0.4 is 16.4 Å². The number of hydrogen-bond donors (Lipinski definition) is 4. The molecule has 2 fully saturated rings. The molecule has 1 aromatic rings. The molecule has 1 aliphatic heterocycles. The molecule has 0 spiro atoms. The number of amides is 1. The Morgan fingerprint density at radius 2 is 2.00 bits per heavy atom. The Bertz CT molecular complexity index is 668. The molecular weight excluding hydrogens is 346 g/mol. The summed E-state index contributed by atoms with van der Waals surface area (Å²) >= 11 is 0. The maximum atomic E-state index is 12.2. The standard InChI is InChI=1S/C18H30N7O2/c1-24(27)15-11-21-18(22-12-16(26)25-8-2-3-9-25)23-17(15)20-10-13-4-6-14(19)7-5-13/h11,13-14,27H,1-10,12,19H2,(H2,20,21,22,23)/q+1. The summed E-state index contributed by atoms with van der Waals surface area (Å²) in [4.78, 5) is 22.6. The molecule has 2 aliphatic rings. The number of hydrogen-bond acceptors (Lipinski definition) is 7. The van der Waals surface area contributed by atoms with Gasteiger partial charge in [-0.25, -0.2) is 4.98 Å². The van der Waals surface area contributed by atoms with Crippen LogP contribution in [0.25, 0.3) is 0 Å². The molecule has 0 aromatic carbocycles. The molecule has 3 rings (SSSR count). The quantitative estimate of drug-likeness (QED) is 0.244. The van der Waals surface area contributed by atoms with Gasteiger partial charge in [-0.15, -0.1) is 0 Å². The van der Waals surface area contributed by atoms with Crippen molar-refractivity contribution in [2.75, 3.05) is 36.8 Å². The summed E-state index contributed by atoms with van der Waals surface area (Å²) in [6.07, 6.45) is 7.85. The average molecular weight is 376 g/mol.